The summed E-state index contributed by atoms with van der Waals surface area (Å²) in [6, 6.07) is 11.1. The molecule has 166 valence electrons. The largest absolute Gasteiger partial charge is 0.372 e. The van der Waals surface area contributed by atoms with Gasteiger partial charge in [0.15, 0.2) is 5.16 Å². The van der Waals surface area contributed by atoms with E-state index in [1.165, 1.54) is 34.9 Å². The van der Waals surface area contributed by atoms with Crippen LogP contribution < -0.4 is 15.8 Å². The number of anilines is 2. The first-order valence-electron chi connectivity index (χ1n) is 10.6. The standard InChI is InChI=1S/C24H25ClN4O2S/c1-3-10-29-23(31)19-8-6-17(25)14-21(19)27-24(29)32-15-22(30)26-20-9-7-18(13-16(20)2)28-11-4-5-12-28/h3,6-9,13-14H,1,4-5,10-12,15H2,2H3,(H,26,30). The maximum atomic E-state index is 12.9. The summed E-state index contributed by atoms with van der Waals surface area (Å²) in [5.74, 6) is -0.0270. The van der Waals surface area contributed by atoms with Crippen molar-refractivity contribution in [2.24, 2.45) is 0 Å². The van der Waals surface area contributed by atoms with Crippen molar-refractivity contribution in [2.75, 3.05) is 29.1 Å². The number of carbonyl (C=O) groups is 1. The van der Waals surface area contributed by atoms with Crippen LogP contribution in [0.1, 0.15) is 18.4 Å². The zero-order chi connectivity index (χ0) is 22.7. The Morgan fingerprint density at radius 1 is 1.25 bits per heavy atom. The number of carbonyl (C=O) groups excluding carboxylic acids is 1. The van der Waals surface area contributed by atoms with E-state index in [-0.39, 0.29) is 17.2 Å². The molecule has 0 spiro atoms. The number of allylic oxidation sites excluding steroid dienone is 1. The topological polar surface area (TPSA) is 67.2 Å². The summed E-state index contributed by atoms with van der Waals surface area (Å²) in [5, 5.41) is 4.43. The lowest BCUT2D eigenvalue weighted by atomic mass is 10.1. The van der Waals surface area contributed by atoms with Crippen LogP contribution in [0.3, 0.4) is 0 Å². The summed E-state index contributed by atoms with van der Waals surface area (Å²) in [5.41, 5.74) is 3.34. The van der Waals surface area contributed by atoms with Crippen LogP contribution in [0.15, 0.2) is 59.0 Å². The Kier molecular flexibility index (Phi) is 6.86. The first-order valence-corrected chi connectivity index (χ1v) is 11.9. The van der Waals surface area contributed by atoms with Crippen LogP contribution in [-0.4, -0.2) is 34.3 Å². The van der Waals surface area contributed by atoms with E-state index < -0.39 is 0 Å². The molecule has 2 aromatic carbocycles. The molecule has 1 aliphatic rings. The van der Waals surface area contributed by atoms with Gasteiger partial charge in [0.05, 0.1) is 16.7 Å². The van der Waals surface area contributed by atoms with Gasteiger partial charge in [0.2, 0.25) is 5.91 Å². The van der Waals surface area contributed by atoms with Gasteiger partial charge in [0.1, 0.15) is 0 Å². The number of benzene rings is 2. The lowest BCUT2D eigenvalue weighted by Crippen LogP contribution is -2.24. The Morgan fingerprint density at radius 2 is 2.03 bits per heavy atom. The maximum absolute atomic E-state index is 12.9. The van der Waals surface area contributed by atoms with Gasteiger partial charge in [0, 0.05) is 36.0 Å². The molecule has 1 N–H and O–H groups in total. The van der Waals surface area contributed by atoms with Gasteiger partial charge < -0.3 is 10.2 Å². The first-order chi connectivity index (χ1) is 15.5. The number of fused-ring (bicyclic) bond motifs is 1. The number of rotatable bonds is 7. The molecular formula is C24H25ClN4O2S. The highest BCUT2D eigenvalue weighted by Gasteiger charge is 2.15. The molecule has 0 saturated carbocycles. The molecular weight excluding hydrogens is 444 g/mol. The Hall–Kier alpha value is -2.77. The minimum Gasteiger partial charge on any atom is -0.372 e. The van der Waals surface area contributed by atoms with E-state index in [1.807, 2.05) is 13.0 Å². The molecule has 32 heavy (non-hydrogen) atoms. The summed E-state index contributed by atoms with van der Waals surface area (Å²) >= 11 is 7.29. The quantitative estimate of drug-likeness (QED) is 0.304. The van der Waals surface area contributed by atoms with Crippen LogP contribution in [0.5, 0.6) is 0 Å². The fourth-order valence-corrected chi connectivity index (χ4v) is 4.83. The van der Waals surface area contributed by atoms with Crippen molar-refractivity contribution in [3.05, 3.63) is 70.0 Å². The summed E-state index contributed by atoms with van der Waals surface area (Å²) in [7, 11) is 0. The molecule has 0 unspecified atom stereocenters. The number of hydrogen-bond acceptors (Lipinski definition) is 5. The summed E-state index contributed by atoms with van der Waals surface area (Å²) < 4.78 is 1.53. The number of amides is 1. The predicted molar refractivity (Wildman–Crippen MR) is 133 cm³/mol. The van der Waals surface area contributed by atoms with E-state index in [0.717, 1.165) is 24.3 Å². The zero-order valence-corrected chi connectivity index (χ0v) is 19.5. The van der Waals surface area contributed by atoms with E-state index in [1.54, 1.807) is 24.3 Å². The molecule has 1 aliphatic heterocycles. The lowest BCUT2D eigenvalue weighted by Gasteiger charge is -2.19. The molecule has 3 aromatic rings. The van der Waals surface area contributed by atoms with Gasteiger partial charge >= 0.3 is 0 Å². The van der Waals surface area contributed by atoms with Crippen molar-refractivity contribution in [3.8, 4) is 0 Å². The third-order valence-corrected chi connectivity index (χ3v) is 6.69. The van der Waals surface area contributed by atoms with E-state index in [9.17, 15) is 9.59 Å². The Balaban J connectivity index is 1.49. The Labute approximate surface area is 196 Å². The first kappa shape index (κ1) is 22.4. The van der Waals surface area contributed by atoms with Crippen LogP contribution in [0.4, 0.5) is 11.4 Å². The highest BCUT2D eigenvalue weighted by atomic mass is 35.5. The van der Waals surface area contributed by atoms with Gasteiger partial charge in [-0.2, -0.15) is 0 Å². The average molecular weight is 469 g/mol. The molecule has 1 aromatic heterocycles. The molecule has 1 amide bonds. The van der Waals surface area contributed by atoms with Gasteiger partial charge in [-0.1, -0.05) is 29.4 Å². The third-order valence-electron chi connectivity index (χ3n) is 5.48. The van der Waals surface area contributed by atoms with Crippen molar-refractivity contribution < 1.29 is 4.79 Å². The minimum absolute atomic E-state index is 0.128. The van der Waals surface area contributed by atoms with Gasteiger partial charge in [-0.25, -0.2) is 4.98 Å². The number of halogens is 1. The van der Waals surface area contributed by atoms with Crippen LogP contribution in [-0.2, 0) is 11.3 Å². The van der Waals surface area contributed by atoms with Gasteiger partial charge in [0.25, 0.3) is 5.56 Å². The molecule has 0 radical (unpaired) electrons. The summed E-state index contributed by atoms with van der Waals surface area (Å²) in [6.45, 7) is 8.20. The van der Waals surface area contributed by atoms with Crippen molar-refractivity contribution in [1.29, 1.82) is 0 Å². The van der Waals surface area contributed by atoms with E-state index in [2.05, 4.69) is 33.9 Å². The molecule has 0 aliphatic carbocycles. The van der Waals surface area contributed by atoms with Crippen LogP contribution in [0.25, 0.3) is 10.9 Å². The minimum atomic E-state index is -0.178. The highest BCUT2D eigenvalue weighted by Crippen LogP contribution is 2.26. The lowest BCUT2D eigenvalue weighted by molar-refractivity contribution is -0.113. The van der Waals surface area contributed by atoms with Crippen molar-refractivity contribution >= 4 is 51.5 Å². The second-order valence-electron chi connectivity index (χ2n) is 7.79. The SMILES string of the molecule is C=CCn1c(SCC(=O)Nc2ccc(N3CCCC3)cc2C)nc2cc(Cl)ccc2c1=O. The van der Waals surface area contributed by atoms with E-state index in [4.69, 9.17) is 11.6 Å². The fourth-order valence-electron chi connectivity index (χ4n) is 3.85. The van der Waals surface area contributed by atoms with Crippen molar-refractivity contribution in [1.82, 2.24) is 9.55 Å². The second-order valence-corrected chi connectivity index (χ2v) is 9.17. The number of thioether (sulfide) groups is 1. The highest BCUT2D eigenvalue weighted by molar-refractivity contribution is 7.99. The van der Waals surface area contributed by atoms with Crippen LogP contribution in [0, 0.1) is 6.92 Å². The third kappa shape index (κ3) is 4.84. The summed E-state index contributed by atoms with van der Waals surface area (Å²) in [6.07, 6.45) is 4.08. The number of hydrogen-bond donors (Lipinski definition) is 1. The molecule has 0 atom stereocenters. The van der Waals surface area contributed by atoms with Gasteiger partial charge in [-0.3, -0.25) is 14.2 Å². The molecule has 4 rings (SSSR count). The van der Waals surface area contributed by atoms with E-state index in [0.29, 0.717) is 27.6 Å². The molecule has 2 heterocycles. The Morgan fingerprint density at radius 3 is 2.75 bits per heavy atom. The monoisotopic (exact) mass is 468 g/mol. The maximum Gasteiger partial charge on any atom is 0.262 e. The second kappa shape index (κ2) is 9.79. The zero-order valence-electron chi connectivity index (χ0n) is 17.9. The van der Waals surface area contributed by atoms with Crippen LogP contribution >= 0.6 is 23.4 Å². The van der Waals surface area contributed by atoms with Crippen molar-refractivity contribution in [2.45, 2.75) is 31.5 Å². The molecule has 6 nitrogen and oxygen atoms in total. The predicted octanol–water partition coefficient (Wildman–Crippen LogP) is 4.88. The number of nitrogens with zero attached hydrogens (tertiary/aromatic N) is 3. The normalized spacial score (nSPS) is 13.5. The van der Waals surface area contributed by atoms with Gasteiger partial charge in [-0.15, -0.1) is 6.58 Å². The van der Waals surface area contributed by atoms with Crippen molar-refractivity contribution in [3.63, 3.8) is 0 Å². The van der Waals surface area contributed by atoms with E-state index >= 15 is 0 Å². The number of aryl methyl sites for hydroxylation is 1. The Bertz CT molecular complexity index is 1230. The van der Waals surface area contributed by atoms with Gasteiger partial charge in [-0.05, 0) is 61.7 Å². The molecule has 1 saturated heterocycles. The number of aromatic nitrogens is 2. The average Bonchev–Trinajstić information content (AvgIpc) is 3.31. The van der Waals surface area contributed by atoms with Crippen LogP contribution in [0.2, 0.25) is 5.02 Å². The summed E-state index contributed by atoms with van der Waals surface area (Å²) in [4.78, 5) is 32.5. The molecule has 0 bridgehead atoms. The molecule has 1 fully saturated rings. The smallest absolute Gasteiger partial charge is 0.262 e. The number of nitrogens with one attached hydrogen (secondary N) is 1. The molecule has 8 heteroatoms. The fraction of sp³-hybridized carbons (Fsp3) is 0.292.